The van der Waals surface area contributed by atoms with Crippen LogP contribution >= 0.6 is 0 Å². The number of aromatic nitrogens is 1. The summed E-state index contributed by atoms with van der Waals surface area (Å²) in [5.41, 5.74) is 1.75. The van der Waals surface area contributed by atoms with Gasteiger partial charge < -0.3 is 19.9 Å². The molecular weight excluding hydrogens is 246 g/mol. The number of hydrogen-bond donors (Lipinski definition) is 2. The maximum absolute atomic E-state index is 11.7. The number of nitrogens with zero attached hydrogens (tertiary/aromatic N) is 1. The van der Waals surface area contributed by atoms with Crippen LogP contribution < -0.4 is 10.6 Å². The number of aryl methyl sites for hydroxylation is 2. The third-order valence-corrected chi connectivity index (χ3v) is 3.37. The molecule has 1 saturated heterocycles. The molecule has 1 aliphatic rings. The van der Waals surface area contributed by atoms with Crippen molar-refractivity contribution in [1.29, 1.82) is 0 Å². The molecule has 0 saturated carbocycles. The molecule has 106 valence electrons. The Morgan fingerprint density at radius 2 is 2.21 bits per heavy atom. The molecule has 0 spiro atoms. The second-order valence-corrected chi connectivity index (χ2v) is 4.85. The summed E-state index contributed by atoms with van der Waals surface area (Å²) in [5.74, 6) is 0.744. The maximum Gasteiger partial charge on any atom is 0.315 e. The average molecular weight is 267 g/mol. The van der Waals surface area contributed by atoms with E-state index in [4.69, 9.17) is 9.26 Å². The predicted octanol–water partition coefficient (Wildman–Crippen LogP) is 1.66. The average Bonchev–Trinajstić information content (AvgIpc) is 2.75. The fourth-order valence-corrected chi connectivity index (χ4v) is 2.16. The van der Waals surface area contributed by atoms with Crippen molar-refractivity contribution in [3.8, 4) is 0 Å². The molecule has 19 heavy (non-hydrogen) atoms. The molecule has 6 nitrogen and oxygen atoms in total. The predicted molar refractivity (Wildman–Crippen MR) is 69.8 cm³/mol. The van der Waals surface area contributed by atoms with Gasteiger partial charge in [0.15, 0.2) is 0 Å². The summed E-state index contributed by atoms with van der Waals surface area (Å²) in [6.07, 6.45) is 3.46. The molecule has 1 aromatic heterocycles. The molecule has 2 amide bonds. The summed E-state index contributed by atoms with van der Waals surface area (Å²) >= 11 is 0. The fourth-order valence-electron chi connectivity index (χ4n) is 2.16. The standard InChI is InChI=1S/C13H21N3O3/c1-9-12(10(2)19-16-9)8-15-13(17)14-7-11-5-3-4-6-18-11/h11H,3-8H2,1-2H3,(H2,14,15,17)/t11-/m1/s1. The van der Waals surface area contributed by atoms with Gasteiger partial charge >= 0.3 is 6.03 Å². The van der Waals surface area contributed by atoms with Crippen molar-refractivity contribution in [1.82, 2.24) is 15.8 Å². The van der Waals surface area contributed by atoms with E-state index in [-0.39, 0.29) is 12.1 Å². The Kier molecular flexibility index (Phi) is 4.79. The SMILES string of the molecule is Cc1noc(C)c1CNC(=O)NC[C@H]1CCCCO1. The molecule has 0 unspecified atom stereocenters. The van der Waals surface area contributed by atoms with E-state index in [9.17, 15) is 4.79 Å². The highest BCUT2D eigenvalue weighted by atomic mass is 16.5. The summed E-state index contributed by atoms with van der Waals surface area (Å²) in [4.78, 5) is 11.7. The first-order chi connectivity index (χ1) is 9.16. The highest BCUT2D eigenvalue weighted by Crippen LogP contribution is 2.12. The van der Waals surface area contributed by atoms with Crippen LogP contribution in [0, 0.1) is 13.8 Å². The fraction of sp³-hybridized carbons (Fsp3) is 0.692. The monoisotopic (exact) mass is 267 g/mol. The molecule has 1 aromatic rings. The molecule has 2 N–H and O–H groups in total. The largest absolute Gasteiger partial charge is 0.376 e. The quantitative estimate of drug-likeness (QED) is 0.870. The van der Waals surface area contributed by atoms with Gasteiger partial charge in [0, 0.05) is 25.3 Å². The Morgan fingerprint density at radius 1 is 1.37 bits per heavy atom. The van der Waals surface area contributed by atoms with Gasteiger partial charge in [-0.25, -0.2) is 4.79 Å². The molecule has 2 heterocycles. The summed E-state index contributed by atoms with van der Waals surface area (Å²) < 4.78 is 10.6. The first-order valence-corrected chi connectivity index (χ1v) is 6.72. The number of hydrogen-bond acceptors (Lipinski definition) is 4. The van der Waals surface area contributed by atoms with Gasteiger partial charge in [-0.1, -0.05) is 5.16 Å². The van der Waals surface area contributed by atoms with E-state index in [1.165, 1.54) is 6.42 Å². The number of urea groups is 1. The van der Waals surface area contributed by atoms with Gasteiger partial charge in [0.05, 0.1) is 11.8 Å². The Bertz CT molecular complexity index is 405. The van der Waals surface area contributed by atoms with Crippen LogP contribution in [0.15, 0.2) is 4.52 Å². The summed E-state index contributed by atoms with van der Waals surface area (Å²) in [5, 5.41) is 9.48. The second-order valence-electron chi connectivity index (χ2n) is 4.85. The minimum absolute atomic E-state index is 0.151. The van der Waals surface area contributed by atoms with Crippen molar-refractivity contribution in [2.24, 2.45) is 0 Å². The van der Waals surface area contributed by atoms with E-state index < -0.39 is 0 Å². The normalized spacial score (nSPS) is 19.2. The van der Waals surface area contributed by atoms with Crippen LogP contribution in [-0.4, -0.2) is 30.4 Å². The highest BCUT2D eigenvalue weighted by molar-refractivity contribution is 5.73. The zero-order chi connectivity index (χ0) is 13.7. The minimum atomic E-state index is -0.186. The van der Waals surface area contributed by atoms with Crippen LogP contribution in [-0.2, 0) is 11.3 Å². The van der Waals surface area contributed by atoms with E-state index in [0.717, 1.165) is 36.5 Å². The first-order valence-electron chi connectivity index (χ1n) is 6.72. The molecule has 1 aliphatic heterocycles. The summed E-state index contributed by atoms with van der Waals surface area (Å²) in [6, 6.07) is -0.186. The van der Waals surface area contributed by atoms with Crippen molar-refractivity contribution in [3.05, 3.63) is 17.0 Å². The molecule has 6 heteroatoms. The molecular formula is C13H21N3O3. The van der Waals surface area contributed by atoms with Crippen LogP contribution in [0.2, 0.25) is 0 Å². The van der Waals surface area contributed by atoms with Crippen molar-refractivity contribution in [3.63, 3.8) is 0 Å². The van der Waals surface area contributed by atoms with Crippen molar-refractivity contribution >= 4 is 6.03 Å². The maximum atomic E-state index is 11.7. The van der Waals surface area contributed by atoms with Crippen molar-refractivity contribution in [2.45, 2.75) is 45.8 Å². The van der Waals surface area contributed by atoms with E-state index in [1.807, 2.05) is 13.8 Å². The van der Waals surface area contributed by atoms with E-state index in [2.05, 4.69) is 15.8 Å². The lowest BCUT2D eigenvalue weighted by molar-refractivity contribution is 0.0184. The van der Waals surface area contributed by atoms with Gasteiger partial charge in [-0.3, -0.25) is 0 Å². The van der Waals surface area contributed by atoms with Gasteiger partial charge in [-0.05, 0) is 33.1 Å². The van der Waals surface area contributed by atoms with Gasteiger partial charge in [0.1, 0.15) is 5.76 Å². The van der Waals surface area contributed by atoms with Crippen molar-refractivity contribution in [2.75, 3.05) is 13.2 Å². The lowest BCUT2D eigenvalue weighted by atomic mass is 10.1. The van der Waals surface area contributed by atoms with Gasteiger partial charge in [0.2, 0.25) is 0 Å². The topological polar surface area (TPSA) is 76.4 Å². The molecule has 0 aliphatic carbocycles. The van der Waals surface area contributed by atoms with Gasteiger partial charge in [-0.15, -0.1) is 0 Å². The lowest BCUT2D eigenvalue weighted by Crippen LogP contribution is -2.41. The zero-order valence-corrected chi connectivity index (χ0v) is 11.5. The molecule has 0 aromatic carbocycles. The summed E-state index contributed by atoms with van der Waals surface area (Å²) in [7, 11) is 0. The van der Waals surface area contributed by atoms with Gasteiger partial charge in [0.25, 0.3) is 0 Å². The van der Waals surface area contributed by atoms with Crippen LogP contribution in [0.3, 0.4) is 0 Å². The third-order valence-electron chi connectivity index (χ3n) is 3.37. The third kappa shape index (κ3) is 3.96. The molecule has 0 radical (unpaired) electrons. The Balaban J connectivity index is 1.69. The lowest BCUT2D eigenvalue weighted by Gasteiger charge is -2.22. The van der Waals surface area contributed by atoms with Crippen LogP contribution in [0.25, 0.3) is 0 Å². The zero-order valence-electron chi connectivity index (χ0n) is 11.5. The smallest absolute Gasteiger partial charge is 0.315 e. The highest BCUT2D eigenvalue weighted by Gasteiger charge is 2.15. The number of ether oxygens (including phenoxy) is 1. The van der Waals surface area contributed by atoms with Gasteiger partial charge in [-0.2, -0.15) is 0 Å². The molecule has 0 bridgehead atoms. The number of carbonyl (C=O) groups excluding carboxylic acids is 1. The number of amides is 2. The number of carbonyl (C=O) groups is 1. The number of rotatable bonds is 4. The molecule has 2 rings (SSSR count). The molecule has 1 atom stereocenters. The Morgan fingerprint density at radius 3 is 2.84 bits per heavy atom. The van der Waals surface area contributed by atoms with E-state index in [0.29, 0.717) is 13.1 Å². The number of nitrogens with one attached hydrogen (secondary N) is 2. The van der Waals surface area contributed by atoms with E-state index in [1.54, 1.807) is 0 Å². The minimum Gasteiger partial charge on any atom is -0.376 e. The van der Waals surface area contributed by atoms with Crippen LogP contribution in [0.4, 0.5) is 4.79 Å². The molecule has 1 fully saturated rings. The van der Waals surface area contributed by atoms with Crippen molar-refractivity contribution < 1.29 is 14.1 Å². The van der Waals surface area contributed by atoms with Crippen LogP contribution in [0.1, 0.15) is 36.3 Å². The van der Waals surface area contributed by atoms with Crippen LogP contribution in [0.5, 0.6) is 0 Å². The Hall–Kier alpha value is -1.56. The Labute approximate surface area is 112 Å². The summed E-state index contributed by atoms with van der Waals surface area (Å²) in [6.45, 7) is 5.49. The first kappa shape index (κ1) is 13.9. The van der Waals surface area contributed by atoms with E-state index >= 15 is 0 Å². The second kappa shape index (κ2) is 6.56.